The van der Waals surface area contributed by atoms with Crippen molar-refractivity contribution in [3.05, 3.63) is 29.3 Å². The van der Waals surface area contributed by atoms with Crippen LogP contribution in [0.25, 0.3) is 11.4 Å². The number of rotatable bonds is 8. The van der Waals surface area contributed by atoms with E-state index in [9.17, 15) is 4.79 Å². The summed E-state index contributed by atoms with van der Waals surface area (Å²) < 4.78 is 7.23. The molecule has 2 aromatic rings. The van der Waals surface area contributed by atoms with Crippen LogP contribution >= 0.6 is 23.4 Å². The Balaban J connectivity index is 1.76. The summed E-state index contributed by atoms with van der Waals surface area (Å²) >= 11 is 7.82. The minimum Gasteiger partial charge on any atom is -0.385 e. The number of carbonyl (C=O) groups is 1. The fraction of sp³-hybridized carbons (Fsp3) is 0.550. The minimum absolute atomic E-state index is 0.169. The summed E-state index contributed by atoms with van der Waals surface area (Å²) in [5, 5.41) is 10.1. The van der Waals surface area contributed by atoms with Gasteiger partial charge in [-0.1, -0.05) is 35.5 Å². The number of likely N-dealkylation sites (tertiary alicyclic amines) is 1. The monoisotopic (exact) mass is 422 g/mol. The van der Waals surface area contributed by atoms with Gasteiger partial charge in [0.05, 0.1) is 10.8 Å². The van der Waals surface area contributed by atoms with Crippen molar-refractivity contribution in [1.29, 1.82) is 0 Å². The molecule has 1 saturated heterocycles. The van der Waals surface area contributed by atoms with Crippen LogP contribution < -0.4 is 0 Å². The molecule has 1 aromatic carbocycles. The number of nitrogens with zero attached hydrogens (tertiary/aromatic N) is 4. The summed E-state index contributed by atoms with van der Waals surface area (Å²) in [6.07, 6.45) is 4.20. The third-order valence-corrected chi connectivity index (χ3v) is 6.29. The van der Waals surface area contributed by atoms with E-state index in [2.05, 4.69) is 17.1 Å². The Morgan fingerprint density at radius 2 is 2.14 bits per heavy atom. The van der Waals surface area contributed by atoms with Crippen molar-refractivity contribution in [2.75, 3.05) is 26.0 Å². The lowest BCUT2D eigenvalue weighted by Crippen LogP contribution is -2.43. The first kappa shape index (κ1) is 21.1. The Kier molecular flexibility index (Phi) is 7.76. The van der Waals surface area contributed by atoms with E-state index >= 15 is 0 Å². The largest absolute Gasteiger partial charge is 0.385 e. The van der Waals surface area contributed by atoms with Gasteiger partial charge in [-0.05, 0) is 44.7 Å². The molecule has 0 spiro atoms. The second-order valence-electron chi connectivity index (χ2n) is 7.00. The van der Waals surface area contributed by atoms with Crippen LogP contribution in [-0.4, -0.2) is 57.6 Å². The van der Waals surface area contributed by atoms with Gasteiger partial charge in [-0.3, -0.25) is 4.79 Å². The van der Waals surface area contributed by atoms with Gasteiger partial charge in [0.25, 0.3) is 0 Å². The number of piperidine rings is 1. The number of thioether (sulfide) groups is 1. The molecule has 0 bridgehead atoms. The van der Waals surface area contributed by atoms with Crippen LogP contribution in [0.15, 0.2) is 29.4 Å². The number of aromatic nitrogens is 3. The van der Waals surface area contributed by atoms with Gasteiger partial charge in [0.15, 0.2) is 11.0 Å². The van der Waals surface area contributed by atoms with Crippen LogP contribution in [0.3, 0.4) is 0 Å². The number of halogens is 1. The Bertz CT molecular complexity index is 798. The maximum atomic E-state index is 12.7. The van der Waals surface area contributed by atoms with Gasteiger partial charge >= 0.3 is 0 Å². The molecule has 1 aliphatic rings. The van der Waals surface area contributed by atoms with E-state index in [4.69, 9.17) is 16.3 Å². The van der Waals surface area contributed by atoms with Gasteiger partial charge < -0.3 is 14.2 Å². The molecule has 3 rings (SSSR count). The molecular weight excluding hydrogens is 396 g/mol. The summed E-state index contributed by atoms with van der Waals surface area (Å²) in [4.78, 5) is 14.7. The molecule has 0 aliphatic carbocycles. The molecule has 1 fully saturated rings. The second kappa shape index (κ2) is 10.3. The van der Waals surface area contributed by atoms with Crippen molar-refractivity contribution < 1.29 is 9.53 Å². The molecule has 8 heteroatoms. The fourth-order valence-corrected chi connectivity index (χ4v) is 4.55. The lowest BCUT2D eigenvalue weighted by Gasteiger charge is -2.33. The smallest absolute Gasteiger partial charge is 0.233 e. The van der Waals surface area contributed by atoms with Crippen molar-refractivity contribution in [2.45, 2.75) is 50.4 Å². The van der Waals surface area contributed by atoms with Crippen molar-refractivity contribution in [1.82, 2.24) is 19.7 Å². The number of amides is 1. The van der Waals surface area contributed by atoms with Gasteiger partial charge in [-0.2, -0.15) is 0 Å². The van der Waals surface area contributed by atoms with Gasteiger partial charge in [0.1, 0.15) is 0 Å². The van der Waals surface area contributed by atoms with Crippen LogP contribution in [0.5, 0.6) is 0 Å². The first-order valence-corrected chi connectivity index (χ1v) is 11.1. The number of methoxy groups -OCH3 is 1. The topological polar surface area (TPSA) is 60.2 Å². The first-order chi connectivity index (χ1) is 13.6. The number of ether oxygens (including phenoxy) is 1. The van der Waals surface area contributed by atoms with E-state index in [1.165, 1.54) is 18.2 Å². The fourth-order valence-electron chi connectivity index (χ4n) is 3.48. The van der Waals surface area contributed by atoms with E-state index in [0.29, 0.717) is 30.0 Å². The van der Waals surface area contributed by atoms with E-state index < -0.39 is 0 Å². The molecule has 6 nitrogen and oxygen atoms in total. The predicted molar refractivity (Wildman–Crippen MR) is 113 cm³/mol. The van der Waals surface area contributed by atoms with Crippen molar-refractivity contribution in [3.63, 3.8) is 0 Å². The lowest BCUT2D eigenvalue weighted by molar-refractivity contribution is -0.131. The molecule has 0 saturated carbocycles. The molecule has 1 aromatic heterocycles. The maximum Gasteiger partial charge on any atom is 0.233 e. The molecule has 152 valence electrons. The van der Waals surface area contributed by atoms with Crippen LogP contribution in [0.4, 0.5) is 0 Å². The highest BCUT2D eigenvalue weighted by atomic mass is 35.5. The van der Waals surface area contributed by atoms with Gasteiger partial charge in [0, 0.05) is 38.4 Å². The number of carbonyl (C=O) groups excluding carboxylic acids is 1. The Morgan fingerprint density at radius 3 is 2.89 bits per heavy atom. The lowest BCUT2D eigenvalue weighted by atomic mass is 10.0. The summed E-state index contributed by atoms with van der Waals surface area (Å²) in [6, 6.07) is 7.93. The Hall–Kier alpha value is -1.57. The minimum atomic E-state index is 0.169. The summed E-state index contributed by atoms with van der Waals surface area (Å²) in [5.74, 6) is 1.26. The SMILES string of the molecule is COCCCn1c(SCC(=O)N2CCCCC2C)nnc1-c1ccccc1Cl. The van der Waals surface area contributed by atoms with Crippen molar-refractivity contribution in [3.8, 4) is 11.4 Å². The third kappa shape index (κ3) is 5.07. The van der Waals surface area contributed by atoms with Gasteiger partial charge in [-0.25, -0.2) is 0 Å². The maximum absolute atomic E-state index is 12.7. The summed E-state index contributed by atoms with van der Waals surface area (Å²) in [6.45, 7) is 4.34. The van der Waals surface area contributed by atoms with Crippen LogP contribution in [0, 0.1) is 0 Å². The Morgan fingerprint density at radius 1 is 1.32 bits per heavy atom. The highest BCUT2D eigenvalue weighted by molar-refractivity contribution is 7.99. The zero-order valence-corrected chi connectivity index (χ0v) is 18.0. The van der Waals surface area contributed by atoms with Crippen molar-refractivity contribution in [2.24, 2.45) is 0 Å². The van der Waals surface area contributed by atoms with Gasteiger partial charge in [-0.15, -0.1) is 10.2 Å². The van der Waals surface area contributed by atoms with Crippen molar-refractivity contribution >= 4 is 29.3 Å². The molecular formula is C20H27ClN4O2S. The molecule has 1 unspecified atom stereocenters. The molecule has 1 aliphatic heterocycles. The summed E-state index contributed by atoms with van der Waals surface area (Å²) in [5.41, 5.74) is 0.844. The number of hydrogen-bond acceptors (Lipinski definition) is 5. The van der Waals surface area contributed by atoms with Crippen LogP contribution in [-0.2, 0) is 16.1 Å². The van der Waals surface area contributed by atoms with Crippen LogP contribution in [0.1, 0.15) is 32.6 Å². The van der Waals surface area contributed by atoms with Crippen LogP contribution in [0.2, 0.25) is 5.02 Å². The Labute approximate surface area is 175 Å². The summed E-state index contributed by atoms with van der Waals surface area (Å²) in [7, 11) is 1.69. The number of hydrogen-bond donors (Lipinski definition) is 0. The van der Waals surface area contributed by atoms with E-state index in [1.807, 2.05) is 33.7 Å². The average Bonchev–Trinajstić information content (AvgIpc) is 3.09. The van der Waals surface area contributed by atoms with Gasteiger partial charge in [0.2, 0.25) is 5.91 Å². The van der Waals surface area contributed by atoms with E-state index in [1.54, 1.807) is 7.11 Å². The average molecular weight is 423 g/mol. The zero-order valence-electron chi connectivity index (χ0n) is 16.4. The molecule has 0 radical (unpaired) electrons. The quantitative estimate of drug-likeness (QED) is 0.473. The predicted octanol–water partition coefficient (Wildman–Crippen LogP) is 4.13. The molecule has 0 N–H and O–H groups in total. The van der Waals surface area contributed by atoms with E-state index in [0.717, 1.165) is 42.4 Å². The number of benzene rings is 1. The zero-order chi connectivity index (χ0) is 19.9. The molecule has 28 heavy (non-hydrogen) atoms. The molecule has 1 amide bonds. The molecule has 2 heterocycles. The normalized spacial score (nSPS) is 17.1. The standard InChI is InChI=1S/C20H27ClN4O2S/c1-15-8-5-6-11-24(15)18(26)14-28-20-23-22-19(25(20)12-7-13-27-2)16-9-3-4-10-17(16)21/h3-4,9-10,15H,5-8,11-14H2,1-2H3. The molecule has 1 atom stereocenters. The van der Waals surface area contributed by atoms with E-state index in [-0.39, 0.29) is 5.91 Å². The third-order valence-electron chi connectivity index (χ3n) is 5.01. The second-order valence-corrected chi connectivity index (χ2v) is 8.35. The highest BCUT2D eigenvalue weighted by Gasteiger charge is 2.24. The highest BCUT2D eigenvalue weighted by Crippen LogP contribution is 2.30. The first-order valence-electron chi connectivity index (χ1n) is 9.71.